The molecule has 1 aromatic carbocycles. The van der Waals surface area contributed by atoms with E-state index in [-0.39, 0.29) is 24.8 Å². The largest absolute Gasteiger partial charge is 0.466 e. The van der Waals surface area contributed by atoms with E-state index in [1.165, 1.54) is 24.3 Å². The van der Waals surface area contributed by atoms with Crippen LogP contribution in [0.1, 0.15) is 30.1 Å². The molecule has 5 heteroatoms. The monoisotopic (exact) mass is 253 g/mol. The number of carbonyl (C=O) groups excluding carboxylic acids is 2. The molecule has 0 atom stereocenters. The molecule has 1 N–H and O–H groups in total. The van der Waals surface area contributed by atoms with E-state index in [1.54, 1.807) is 0 Å². The number of benzene rings is 1. The van der Waals surface area contributed by atoms with Gasteiger partial charge in [0.2, 0.25) is 0 Å². The Morgan fingerprint density at radius 2 is 1.94 bits per heavy atom. The highest BCUT2D eigenvalue weighted by atomic mass is 19.1. The first-order valence-electron chi connectivity index (χ1n) is 5.83. The molecule has 0 radical (unpaired) electrons. The van der Waals surface area contributed by atoms with E-state index in [0.717, 1.165) is 6.42 Å². The summed E-state index contributed by atoms with van der Waals surface area (Å²) in [5, 5.41) is 2.56. The number of hydrogen-bond acceptors (Lipinski definition) is 3. The van der Waals surface area contributed by atoms with Gasteiger partial charge in [-0.1, -0.05) is 6.92 Å². The second-order valence-electron chi connectivity index (χ2n) is 3.73. The van der Waals surface area contributed by atoms with Crippen molar-refractivity contribution in [2.45, 2.75) is 19.8 Å². The fourth-order valence-corrected chi connectivity index (χ4v) is 1.27. The zero-order valence-corrected chi connectivity index (χ0v) is 10.2. The molecule has 1 amide bonds. The van der Waals surface area contributed by atoms with Gasteiger partial charge in [0, 0.05) is 12.1 Å². The molecule has 1 aromatic rings. The molecule has 1 rings (SSSR count). The summed E-state index contributed by atoms with van der Waals surface area (Å²) < 4.78 is 17.5. The van der Waals surface area contributed by atoms with E-state index in [1.807, 2.05) is 6.92 Å². The molecule has 0 saturated carbocycles. The van der Waals surface area contributed by atoms with Crippen LogP contribution in [-0.4, -0.2) is 25.0 Å². The predicted octanol–water partition coefficient (Wildman–Crippen LogP) is 1.90. The quantitative estimate of drug-likeness (QED) is 0.788. The minimum Gasteiger partial charge on any atom is -0.466 e. The highest BCUT2D eigenvalue weighted by Crippen LogP contribution is 2.02. The van der Waals surface area contributed by atoms with Crippen molar-refractivity contribution in [3.05, 3.63) is 35.6 Å². The second-order valence-corrected chi connectivity index (χ2v) is 3.73. The first-order chi connectivity index (χ1) is 8.63. The van der Waals surface area contributed by atoms with E-state index in [0.29, 0.717) is 12.2 Å². The van der Waals surface area contributed by atoms with Crippen molar-refractivity contribution in [3.8, 4) is 0 Å². The highest BCUT2D eigenvalue weighted by molar-refractivity contribution is 5.94. The van der Waals surface area contributed by atoms with Crippen molar-refractivity contribution < 1.29 is 18.7 Å². The van der Waals surface area contributed by atoms with Crippen LogP contribution in [0, 0.1) is 5.82 Å². The van der Waals surface area contributed by atoms with Crippen LogP contribution in [0.4, 0.5) is 4.39 Å². The zero-order valence-electron chi connectivity index (χ0n) is 10.2. The average Bonchev–Trinajstić information content (AvgIpc) is 2.37. The average molecular weight is 253 g/mol. The van der Waals surface area contributed by atoms with Crippen LogP contribution < -0.4 is 5.32 Å². The summed E-state index contributed by atoms with van der Waals surface area (Å²) >= 11 is 0. The lowest BCUT2D eigenvalue weighted by Gasteiger charge is -2.05. The molecular weight excluding hydrogens is 237 g/mol. The van der Waals surface area contributed by atoms with Crippen molar-refractivity contribution >= 4 is 11.9 Å². The summed E-state index contributed by atoms with van der Waals surface area (Å²) in [6.07, 6.45) is 0.903. The fraction of sp³-hybridized carbons (Fsp3) is 0.385. The summed E-state index contributed by atoms with van der Waals surface area (Å²) in [5.74, 6) is -1.07. The Balaban J connectivity index is 2.29. The lowest BCUT2D eigenvalue weighted by Crippen LogP contribution is -2.26. The smallest absolute Gasteiger partial charge is 0.307 e. The first-order valence-corrected chi connectivity index (χ1v) is 5.83. The second kappa shape index (κ2) is 7.42. The Labute approximate surface area is 105 Å². The maximum atomic E-state index is 12.6. The molecule has 0 spiro atoms. The van der Waals surface area contributed by atoms with Crippen LogP contribution >= 0.6 is 0 Å². The van der Waals surface area contributed by atoms with Crippen LogP contribution in [0.15, 0.2) is 24.3 Å². The van der Waals surface area contributed by atoms with Gasteiger partial charge < -0.3 is 10.1 Å². The van der Waals surface area contributed by atoms with E-state index in [9.17, 15) is 14.0 Å². The van der Waals surface area contributed by atoms with E-state index < -0.39 is 5.82 Å². The van der Waals surface area contributed by atoms with Gasteiger partial charge in [0.05, 0.1) is 13.0 Å². The van der Waals surface area contributed by atoms with Gasteiger partial charge in [0.25, 0.3) is 5.91 Å². The molecule has 0 aliphatic rings. The summed E-state index contributed by atoms with van der Waals surface area (Å²) in [5.41, 5.74) is 0.360. The molecular formula is C13H16FNO3. The van der Waals surface area contributed by atoms with E-state index >= 15 is 0 Å². The first kappa shape index (κ1) is 14.2. The summed E-state index contributed by atoms with van der Waals surface area (Å²) in [4.78, 5) is 22.7. The molecule has 0 saturated heterocycles. The normalized spacial score (nSPS) is 9.89. The number of esters is 1. The van der Waals surface area contributed by atoms with Gasteiger partial charge in [0.15, 0.2) is 0 Å². The van der Waals surface area contributed by atoms with Gasteiger partial charge in [-0.25, -0.2) is 4.39 Å². The zero-order chi connectivity index (χ0) is 13.4. The number of amides is 1. The number of ether oxygens (including phenoxy) is 1. The van der Waals surface area contributed by atoms with Crippen LogP contribution in [0.2, 0.25) is 0 Å². The van der Waals surface area contributed by atoms with Crippen molar-refractivity contribution in [1.82, 2.24) is 5.32 Å². The van der Waals surface area contributed by atoms with Crippen molar-refractivity contribution in [3.63, 3.8) is 0 Å². The SMILES string of the molecule is CCCOC(=O)CCNC(=O)c1ccc(F)cc1. The molecule has 0 heterocycles. The minimum absolute atomic E-state index is 0.132. The molecule has 0 aliphatic carbocycles. The predicted molar refractivity (Wildman–Crippen MR) is 64.6 cm³/mol. The van der Waals surface area contributed by atoms with E-state index in [2.05, 4.69) is 5.32 Å². The summed E-state index contributed by atoms with van der Waals surface area (Å²) in [6.45, 7) is 2.51. The molecule has 0 aromatic heterocycles. The molecule has 0 unspecified atom stereocenters. The maximum absolute atomic E-state index is 12.6. The van der Waals surface area contributed by atoms with Gasteiger partial charge in [-0.05, 0) is 30.7 Å². The lowest BCUT2D eigenvalue weighted by molar-refractivity contribution is -0.143. The summed E-state index contributed by atoms with van der Waals surface area (Å²) in [7, 11) is 0. The van der Waals surface area contributed by atoms with E-state index in [4.69, 9.17) is 4.74 Å². The topological polar surface area (TPSA) is 55.4 Å². The Bertz CT molecular complexity index is 403. The van der Waals surface area contributed by atoms with Crippen molar-refractivity contribution in [1.29, 1.82) is 0 Å². The van der Waals surface area contributed by atoms with Gasteiger partial charge in [-0.15, -0.1) is 0 Å². The Morgan fingerprint density at radius 1 is 1.28 bits per heavy atom. The third-order valence-corrected chi connectivity index (χ3v) is 2.19. The van der Waals surface area contributed by atoms with Gasteiger partial charge in [-0.2, -0.15) is 0 Å². The van der Waals surface area contributed by atoms with Gasteiger partial charge in [0.1, 0.15) is 5.82 Å². The van der Waals surface area contributed by atoms with Crippen molar-refractivity contribution in [2.24, 2.45) is 0 Å². The van der Waals surface area contributed by atoms with Crippen LogP contribution in [0.3, 0.4) is 0 Å². The van der Waals surface area contributed by atoms with Crippen molar-refractivity contribution in [2.75, 3.05) is 13.2 Å². The van der Waals surface area contributed by atoms with Crippen LogP contribution in [0.25, 0.3) is 0 Å². The molecule has 4 nitrogen and oxygen atoms in total. The molecule has 98 valence electrons. The standard InChI is InChI=1S/C13H16FNO3/c1-2-9-18-12(16)7-8-15-13(17)10-3-5-11(14)6-4-10/h3-6H,2,7-9H2,1H3,(H,15,17). The number of halogens is 1. The molecule has 18 heavy (non-hydrogen) atoms. The van der Waals surface area contributed by atoms with Crippen LogP contribution in [0.5, 0.6) is 0 Å². The highest BCUT2D eigenvalue weighted by Gasteiger charge is 2.07. The minimum atomic E-state index is -0.394. The Kier molecular flexibility index (Phi) is 5.84. The van der Waals surface area contributed by atoms with Crippen LogP contribution in [-0.2, 0) is 9.53 Å². The molecule has 0 fully saturated rings. The molecule has 0 aliphatic heterocycles. The maximum Gasteiger partial charge on any atom is 0.307 e. The lowest BCUT2D eigenvalue weighted by atomic mass is 10.2. The van der Waals surface area contributed by atoms with Gasteiger partial charge in [-0.3, -0.25) is 9.59 Å². The number of carbonyl (C=O) groups is 2. The fourth-order valence-electron chi connectivity index (χ4n) is 1.27. The number of rotatable bonds is 6. The summed E-state index contributed by atoms with van der Waals surface area (Å²) in [6, 6.07) is 5.20. The van der Waals surface area contributed by atoms with Gasteiger partial charge >= 0.3 is 5.97 Å². The third kappa shape index (κ3) is 4.95. The number of hydrogen-bond donors (Lipinski definition) is 1. The third-order valence-electron chi connectivity index (χ3n) is 2.19. The molecule has 0 bridgehead atoms. The number of nitrogens with one attached hydrogen (secondary N) is 1. The Hall–Kier alpha value is -1.91. The Morgan fingerprint density at radius 3 is 2.56 bits per heavy atom.